The van der Waals surface area contributed by atoms with Crippen LogP contribution in [0.1, 0.15) is 26.7 Å². The van der Waals surface area contributed by atoms with Gasteiger partial charge in [-0.3, -0.25) is 4.79 Å². The fourth-order valence-electron chi connectivity index (χ4n) is 2.07. The highest BCUT2D eigenvalue weighted by Crippen LogP contribution is 2.26. The minimum atomic E-state index is -0.599. The van der Waals surface area contributed by atoms with Crippen LogP contribution in [0.4, 0.5) is 11.5 Å². The Balaban J connectivity index is 2.18. The van der Waals surface area contributed by atoms with Gasteiger partial charge < -0.3 is 15.5 Å². The second kappa shape index (κ2) is 5.57. The number of carbonyl (C=O) groups excluding carboxylic acids is 1. The summed E-state index contributed by atoms with van der Waals surface area (Å²) in [6.45, 7) is 5.73. The molecule has 0 aromatic carbocycles. The molecule has 0 saturated carbocycles. The van der Waals surface area contributed by atoms with E-state index in [2.05, 4.69) is 20.5 Å². The number of nitrogens with one attached hydrogen (secondary N) is 2. The first-order valence-electron chi connectivity index (χ1n) is 6.75. The summed E-state index contributed by atoms with van der Waals surface area (Å²) in [5.41, 5.74) is 0.190. The predicted octanol–water partition coefficient (Wildman–Crippen LogP) is 1.62. The number of pyridine rings is 1. The van der Waals surface area contributed by atoms with E-state index in [0.29, 0.717) is 0 Å². The van der Waals surface area contributed by atoms with Crippen LogP contribution in [-0.2, 0) is 4.79 Å². The van der Waals surface area contributed by atoms with Crippen molar-refractivity contribution >= 4 is 17.4 Å². The van der Waals surface area contributed by atoms with Gasteiger partial charge >= 0.3 is 0 Å². The number of amides is 1. The van der Waals surface area contributed by atoms with Gasteiger partial charge in [0.05, 0.1) is 11.2 Å². The molecular formula is C14H22N4O. The quantitative estimate of drug-likeness (QED) is 0.865. The Morgan fingerprint density at radius 3 is 2.68 bits per heavy atom. The Bertz CT molecular complexity index is 453. The Hall–Kier alpha value is -1.62. The lowest BCUT2D eigenvalue weighted by Gasteiger charge is -2.25. The van der Waals surface area contributed by atoms with Crippen LogP contribution in [0.15, 0.2) is 18.3 Å². The molecule has 1 aromatic rings. The minimum absolute atomic E-state index is 0.0524. The molecule has 1 aromatic heterocycles. The van der Waals surface area contributed by atoms with Crippen LogP contribution >= 0.6 is 0 Å². The molecule has 0 radical (unpaired) electrons. The van der Waals surface area contributed by atoms with E-state index in [1.165, 1.54) is 12.8 Å². The highest BCUT2D eigenvalue weighted by Gasteiger charge is 2.27. The number of aromatic nitrogens is 1. The van der Waals surface area contributed by atoms with Gasteiger partial charge in [-0.25, -0.2) is 4.98 Å². The van der Waals surface area contributed by atoms with E-state index in [0.717, 1.165) is 24.6 Å². The van der Waals surface area contributed by atoms with Gasteiger partial charge in [0.25, 0.3) is 0 Å². The van der Waals surface area contributed by atoms with Crippen LogP contribution < -0.4 is 15.5 Å². The Morgan fingerprint density at radius 1 is 1.37 bits per heavy atom. The predicted molar refractivity (Wildman–Crippen MR) is 77.5 cm³/mol. The minimum Gasteiger partial charge on any atom is -0.355 e. The van der Waals surface area contributed by atoms with Gasteiger partial charge in [0.1, 0.15) is 0 Å². The molecule has 5 nitrogen and oxygen atoms in total. The van der Waals surface area contributed by atoms with E-state index in [-0.39, 0.29) is 5.91 Å². The first-order chi connectivity index (χ1) is 9.04. The molecule has 0 unspecified atom stereocenters. The zero-order valence-electron chi connectivity index (χ0n) is 11.9. The summed E-state index contributed by atoms with van der Waals surface area (Å²) >= 11 is 0. The summed E-state index contributed by atoms with van der Waals surface area (Å²) in [6, 6.07) is 3.76. The maximum absolute atomic E-state index is 12.2. The summed E-state index contributed by atoms with van der Waals surface area (Å²) in [5.74, 6) is 0.823. The van der Waals surface area contributed by atoms with E-state index >= 15 is 0 Å². The molecule has 1 saturated heterocycles. The normalized spacial score (nSPS) is 15.6. The third-order valence-electron chi connectivity index (χ3n) is 3.63. The molecule has 5 heteroatoms. The van der Waals surface area contributed by atoms with Crippen LogP contribution in [-0.4, -0.2) is 36.6 Å². The van der Waals surface area contributed by atoms with Crippen molar-refractivity contribution in [1.29, 1.82) is 0 Å². The molecular weight excluding hydrogens is 240 g/mol. The summed E-state index contributed by atoms with van der Waals surface area (Å²) in [7, 11) is 1.78. The second-order valence-electron chi connectivity index (χ2n) is 5.40. The summed E-state index contributed by atoms with van der Waals surface area (Å²) in [4.78, 5) is 18.8. The Kier molecular flexibility index (Phi) is 4.04. The first kappa shape index (κ1) is 13.8. The lowest BCUT2D eigenvalue weighted by atomic mass is 10.1. The van der Waals surface area contributed by atoms with Crippen LogP contribution in [0.2, 0.25) is 0 Å². The van der Waals surface area contributed by atoms with Crippen LogP contribution in [0.5, 0.6) is 0 Å². The molecule has 2 heterocycles. The fourth-order valence-corrected chi connectivity index (χ4v) is 2.07. The maximum Gasteiger partial charge on any atom is 0.244 e. The molecule has 2 rings (SSSR count). The van der Waals surface area contributed by atoms with Crippen molar-refractivity contribution in [2.75, 3.05) is 30.4 Å². The molecule has 0 atom stereocenters. The lowest BCUT2D eigenvalue weighted by molar-refractivity contribution is -0.121. The molecule has 1 aliphatic rings. The van der Waals surface area contributed by atoms with Crippen molar-refractivity contribution in [1.82, 2.24) is 10.3 Å². The number of hydrogen-bond acceptors (Lipinski definition) is 4. The number of anilines is 2. The smallest absolute Gasteiger partial charge is 0.244 e. The molecule has 0 spiro atoms. The average Bonchev–Trinajstić information content (AvgIpc) is 2.93. The first-order valence-corrected chi connectivity index (χ1v) is 6.75. The van der Waals surface area contributed by atoms with E-state index < -0.39 is 5.54 Å². The van der Waals surface area contributed by atoms with Crippen LogP contribution in [0.3, 0.4) is 0 Å². The van der Waals surface area contributed by atoms with Gasteiger partial charge in [0.15, 0.2) is 5.82 Å². The van der Waals surface area contributed by atoms with Crippen molar-refractivity contribution in [3.8, 4) is 0 Å². The molecule has 0 bridgehead atoms. The second-order valence-corrected chi connectivity index (χ2v) is 5.40. The average molecular weight is 262 g/mol. The highest BCUT2D eigenvalue weighted by atomic mass is 16.2. The van der Waals surface area contributed by atoms with Gasteiger partial charge in [0, 0.05) is 19.3 Å². The van der Waals surface area contributed by atoms with Gasteiger partial charge in [-0.2, -0.15) is 0 Å². The number of carbonyl (C=O) groups is 1. The van der Waals surface area contributed by atoms with Crippen molar-refractivity contribution in [2.24, 2.45) is 0 Å². The van der Waals surface area contributed by atoms with Gasteiger partial charge in [-0.1, -0.05) is 0 Å². The molecule has 2 N–H and O–H groups in total. The molecule has 0 aliphatic carbocycles. The third kappa shape index (κ3) is 3.04. The monoisotopic (exact) mass is 262 g/mol. The van der Waals surface area contributed by atoms with Crippen molar-refractivity contribution in [3.05, 3.63) is 18.3 Å². The van der Waals surface area contributed by atoms with Crippen LogP contribution in [0.25, 0.3) is 0 Å². The van der Waals surface area contributed by atoms with E-state index in [1.807, 2.05) is 26.0 Å². The van der Waals surface area contributed by atoms with Crippen LogP contribution in [0, 0.1) is 0 Å². The largest absolute Gasteiger partial charge is 0.355 e. The Morgan fingerprint density at radius 2 is 2.05 bits per heavy atom. The van der Waals surface area contributed by atoms with Crippen molar-refractivity contribution in [3.63, 3.8) is 0 Å². The van der Waals surface area contributed by atoms with Gasteiger partial charge in [-0.15, -0.1) is 0 Å². The Labute approximate surface area is 114 Å². The summed E-state index contributed by atoms with van der Waals surface area (Å²) < 4.78 is 0. The number of hydrogen-bond donors (Lipinski definition) is 2. The summed E-state index contributed by atoms with van der Waals surface area (Å²) in [5, 5.41) is 5.98. The number of rotatable bonds is 4. The number of likely N-dealkylation sites (N-methyl/N-ethyl adjacent to an activating group) is 1. The molecule has 19 heavy (non-hydrogen) atoms. The topological polar surface area (TPSA) is 57.3 Å². The zero-order valence-corrected chi connectivity index (χ0v) is 11.9. The molecule has 104 valence electrons. The van der Waals surface area contributed by atoms with Crippen molar-refractivity contribution < 1.29 is 4.79 Å². The zero-order chi connectivity index (χ0) is 13.9. The third-order valence-corrected chi connectivity index (χ3v) is 3.63. The van der Waals surface area contributed by atoms with E-state index in [1.54, 1.807) is 13.2 Å². The molecule has 1 amide bonds. The lowest BCUT2D eigenvalue weighted by Crippen LogP contribution is -2.48. The standard InChI is InChI=1S/C14H22N4O/c1-14(2,15-3)13(19)17-11-7-6-8-16-12(11)18-9-4-5-10-18/h6-8,15H,4-5,9-10H2,1-3H3,(H,17,19). The highest BCUT2D eigenvalue weighted by molar-refractivity contribution is 5.99. The number of nitrogens with zero attached hydrogens (tertiary/aromatic N) is 2. The van der Waals surface area contributed by atoms with Crippen molar-refractivity contribution in [2.45, 2.75) is 32.2 Å². The van der Waals surface area contributed by atoms with Gasteiger partial charge in [-0.05, 0) is 45.9 Å². The van der Waals surface area contributed by atoms with Gasteiger partial charge in [0.2, 0.25) is 5.91 Å². The van der Waals surface area contributed by atoms with E-state index in [9.17, 15) is 4.79 Å². The maximum atomic E-state index is 12.2. The van der Waals surface area contributed by atoms with E-state index in [4.69, 9.17) is 0 Å². The molecule has 1 fully saturated rings. The fraction of sp³-hybridized carbons (Fsp3) is 0.571. The molecule has 1 aliphatic heterocycles. The SMILES string of the molecule is CNC(C)(C)C(=O)Nc1cccnc1N1CCCC1. The summed E-state index contributed by atoms with van der Waals surface area (Å²) in [6.07, 6.45) is 4.14.